The predicted molar refractivity (Wildman–Crippen MR) is 105 cm³/mol. The molecule has 0 bridgehead atoms. The lowest BCUT2D eigenvalue weighted by Crippen LogP contribution is -2.39. The minimum Gasteiger partial charge on any atom is -0.357 e. The maximum absolute atomic E-state index is 4.70. The van der Waals surface area contributed by atoms with Gasteiger partial charge in [0.25, 0.3) is 0 Å². The van der Waals surface area contributed by atoms with Gasteiger partial charge in [-0.2, -0.15) is 0 Å². The van der Waals surface area contributed by atoms with Crippen molar-refractivity contribution in [3.63, 3.8) is 0 Å². The Hall–Kier alpha value is -2.30. The fourth-order valence-electron chi connectivity index (χ4n) is 2.69. The average molecular weight is 342 g/mol. The average Bonchev–Trinajstić information content (AvgIpc) is 3.04. The highest BCUT2D eigenvalue weighted by Crippen LogP contribution is 2.13. The van der Waals surface area contributed by atoms with Gasteiger partial charge in [0.05, 0.1) is 0 Å². The molecular weight excluding hydrogens is 310 g/mol. The Kier molecular flexibility index (Phi) is 7.51. The number of hydrogen-bond donors (Lipinski definition) is 2. The first-order valence-electron chi connectivity index (χ1n) is 9.17. The lowest BCUT2D eigenvalue weighted by Gasteiger charge is -2.16. The van der Waals surface area contributed by atoms with E-state index in [1.165, 1.54) is 5.56 Å². The van der Waals surface area contributed by atoms with E-state index >= 15 is 0 Å². The molecule has 0 aliphatic carbocycles. The molecule has 25 heavy (non-hydrogen) atoms. The summed E-state index contributed by atoms with van der Waals surface area (Å²) in [5.74, 6) is 2.86. The van der Waals surface area contributed by atoms with Gasteiger partial charge in [-0.15, -0.1) is 0 Å². The maximum Gasteiger partial charge on any atom is 0.191 e. The number of aliphatic imine (C=N–C) groups is 1. The van der Waals surface area contributed by atoms with Crippen LogP contribution in [-0.4, -0.2) is 28.6 Å². The van der Waals surface area contributed by atoms with Gasteiger partial charge in [0, 0.05) is 32.0 Å². The number of aromatic nitrogens is 2. The third-order valence-corrected chi connectivity index (χ3v) is 4.03. The molecule has 0 fully saturated rings. The van der Waals surface area contributed by atoms with Crippen LogP contribution in [0.4, 0.5) is 0 Å². The van der Waals surface area contributed by atoms with Gasteiger partial charge in [-0.05, 0) is 24.3 Å². The second kappa shape index (κ2) is 9.87. The van der Waals surface area contributed by atoms with E-state index in [0.717, 1.165) is 31.4 Å². The van der Waals surface area contributed by atoms with Crippen LogP contribution in [0.5, 0.6) is 0 Å². The smallest absolute Gasteiger partial charge is 0.191 e. The standard InChI is InChI=1S/C20H31N5/c1-5-21-20(23-13-17(4)18-9-7-6-8-10-18)24-14-19-22-11-12-25(19)15-16(2)3/h6-12,16-17H,5,13-15H2,1-4H3,(H2,21,23,24). The van der Waals surface area contributed by atoms with Gasteiger partial charge in [0.1, 0.15) is 12.4 Å². The summed E-state index contributed by atoms with van der Waals surface area (Å²) in [6.07, 6.45) is 3.88. The molecule has 0 spiro atoms. The van der Waals surface area contributed by atoms with Crippen LogP contribution in [0.15, 0.2) is 47.7 Å². The number of benzene rings is 1. The van der Waals surface area contributed by atoms with Crippen LogP contribution in [0.3, 0.4) is 0 Å². The molecule has 5 nitrogen and oxygen atoms in total. The molecule has 1 heterocycles. The highest BCUT2D eigenvalue weighted by molar-refractivity contribution is 5.79. The number of nitrogens with one attached hydrogen (secondary N) is 2. The maximum atomic E-state index is 4.70. The molecule has 1 unspecified atom stereocenters. The zero-order valence-electron chi connectivity index (χ0n) is 15.9. The fourth-order valence-corrected chi connectivity index (χ4v) is 2.69. The Balaban J connectivity index is 1.95. The van der Waals surface area contributed by atoms with Gasteiger partial charge in [-0.3, -0.25) is 0 Å². The molecule has 0 aliphatic heterocycles. The summed E-state index contributed by atoms with van der Waals surface area (Å²) < 4.78 is 2.18. The molecule has 2 N–H and O–H groups in total. The van der Waals surface area contributed by atoms with Crippen molar-refractivity contribution in [3.8, 4) is 0 Å². The van der Waals surface area contributed by atoms with Crippen molar-refractivity contribution in [2.75, 3.05) is 13.1 Å². The number of hydrogen-bond acceptors (Lipinski definition) is 2. The second-order valence-electron chi connectivity index (χ2n) is 6.78. The SMILES string of the molecule is CCNC(=NCc1nccn1CC(C)C)NCC(C)c1ccccc1. The molecule has 2 aromatic rings. The van der Waals surface area contributed by atoms with E-state index in [0.29, 0.717) is 18.4 Å². The van der Waals surface area contributed by atoms with E-state index < -0.39 is 0 Å². The summed E-state index contributed by atoms with van der Waals surface area (Å²) >= 11 is 0. The van der Waals surface area contributed by atoms with E-state index in [1.807, 2.05) is 12.4 Å². The van der Waals surface area contributed by atoms with Crippen LogP contribution in [-0.2, 0) is 13.1 Å². The van der Waals surface area contributed by atoms with Crippen molar-refractivity contribution in [1.29, 1.82) is 0 Å². The van der Waals surface area contributed by atoms with Gasteiger partial charge in [-0.1, -0.05) is 51.1 Å². The topological polar surface area (TPSA) is 54.2 Å². The van der Waals surface area contributed by atoms with E-state index in [4.69, 9.17) is 4.99 Å². The first kappa shape index (κ1) is 19.0. The molecule has 0 amide bonds. The quantitative estimate of drug-likeness (QED) is 0.571. The highest BCUT2D eigenvalue weighted by Gasteiger charge is 2.07. The van der Waals surface area contributed by atoms with Crippen LogP contribution in [0, 0.1) is 5.92 Å². The molecular formula is C20H31N5. The monoisotopic (exact) mass is 341 g/mol. The van der Waals surface area contributed by atoms with Crippen LogP contribution in [0.25, 0.3) is 0 Å². The summed E-state index contributed by atoms with van der Waals surface area (Å²) in [4.78, 5) is 9.15. The van der Waals surface area contributed by atoms with Gasteiger partial charge < -0.3 is 15.2 Å². The first-order valence-corrected chi connectivity index (χ1v) is 9.17. The third-order valence-electron chi connectivity index (χ3n) is 4.03. The number of rotatable bonds is 8. The normalized spacial score (nSPS) is 13.1. The van der Waals surface area contributed by atoms with Crippen molar-refractivity contribution in [2.24, 2.45) is 10.9 Å². The molecule has 1 atom stereocenters. The first-order chi connectivity index (χ1) is 12.1. The van der Waals surface area contributed by atoms with Gasteiger partial charge in [0.15, 0.2) is 5.96 Å². The Bertz CT molecular complexity index is 645. The Labute approximate surface area is 151 Å². The molecule has 0 saturated heterocycles. The zero-order valence-corrected chi connectivity index (χ0v) is 15.9. The van der Waals surface area contributed by atoms with E-state index in [2.05, 4.69) is 78.2 Å². The van der Waals surface area contributed by atoms with Gasteiger partial charge in [-0.25, -0.2) is 9.98 Å². The predicted octanol–water partition coefficient (Wildman–Crippen LogP) is 3.40. The van der Waals surface area contributed by atoms with Crippen LogP contribution in [0.1, 0.15) is 45.0 Å². The largest absolute Gasteiger partial charge is 0.357 e. The molecule has 136 valence electrons. The minimum atomic E-state index is 0.424. The minimum absolute atomic E-state index is 0.424. The summed E-state index contributed by atoms with van der Waals surface area (Å²) in [6, 6.07) is 10.5. The molecule has 0 radical (unpaired) electrons. The summed E-state index contributed by atoms with van der Waals surface area (Å²) in [7, 11) is 0. The van der Waals surface area contributed by atoms with Crippen molar-refractivity contribution in [3.05, 3.63) is 54.1 Å². The summed E-state index contributed by atoms with van der Waals surface area (Å²) in [5.41, 5.74) is 1.33. The van der Waals surface area contributed by atoms with Crippen molar-refractivity contribution >= 4 is 5.96 Å². The molecule has 1 aromatic heterocycles. The van der Waals surface area contributed by atoms with Crippen molar-refractivity contribution < 1.29 is 0 Å². The van der Waals surface area contributed by atoms with Gasteiger partial charge in [0.2, 0.25) is 0 Å². The number of guanidine groups is 1. The fraction of sp³-hybridized carbons (Fsp3) is 0.500. The summed E-state index contributed by atoms with van der Waals surface area (Å²) in [5, 5.41) is 6.76. The zero-order chi connectivity index (χ0) is 18.1. The van der Waals surface area contributed by atoms with E-state index in [1.54, 1.807) is 0 Å². The Morgan fingerprint density at radius 1 is 1.16 bits per heavy atom. The van der Waals surface area contributed by atoms with E-state index in [-0.39, 0.29) is 0 Å². The lowest BCUT2D eigenvalue weighted by atomic mass is 10.0. The lowest BCUT2D eigenvalue weighted by molar-refractivity contribution is 0.507. The second-order valence-corrected chi connectivity index (χ2v) is 6.78. The summed E-state index contributed by atoms with van der Waals surface area (Å²) in [6.45, 7) is 12.0. The third kappa shape index (κ3) is 6.25. The number of imidazole rings is 1. The molecule has 1 aromatic carbocycles. The van der Waals surface area contributed by atoms with Crippen LogP contribution >= 0.6 is 0 Å². The van der Waals surface area contributed by atoms with Crippen LogP contribution in [0.2, 0.25) is 0 Å². The molecule has 0 saturated carbocycles. The molecule has 5 heteroatoms. The Morgan fingerprint density at radius 3 is 2.60 bits per heavy atom. The van der Waals surface area contributed by atoms with Crippen molar-refractivity contribution in [1.82, 2.24) is 20.2 Å². The van der Waals surface area contributed by atoms with Crippen LogP contribution < -0.4 is 10.6 Å². The van der Waals surface area contributed by atoms with E-state index in [9.17, 15) is 0 Å². The van der Waals surface area contributed by atoms with Gasteiger partial charge >= 0.3 is 0 Å². The Morgan fingerprint density at radius 2 is 1.92 bits per heavy atom. The van der Waals surface area contributed by atoms with Crippen molar-refractivity contribution in [2.45, 2.75) is 46.7 Å². The molecule has 2 rings (SSSR count). The highest BCUT2D eigenvalue weighted by atomic mass is 15.2. The molecule has 0 aliphatic rings. The number of nitrogens with zero attached hydrogens (tertiary/aromatic N) is 3.